The number of thiazole rings is 1. The lowest BCUT2D eigenvalue weighted by Crippen LogP contribution is -2.16. The highest BCUT2D eigenvalue weighted by molar-refractivity contribution is 7.14. The Balaban J connectivity index is 1.58. The van der Waals surface area contributed by atoms with E-state index in [9.17, 15) is 4.79 Å². The number of imidazole rings is 1. The fourth-order valence-corrected chi connectivity index (χ4v) is 3.36. The van der Waals surface area contributed by atoms with Crippen molar-refractivity contribution >= 4 is 22.4 Å². The van der Waals surface area contributed by atoms with Crippen molar-refractivity contribution in [1.29, 1.82) is 0 Å². The third kappa shape index (κ3) is 3.34. The molecule has 4 aromatic heterocycles. The predicted molar refractivity (Wildman–Crippen MR) is 104 cm³/mol. The lowest BCUT2D eigenvalue weighted by molar-refractivity contribution is 0.102. The predicted octanol–water partition coefficient (Wildman–Crippen LogP) is 3.65. The van der Waals surface area contributed by atoms with Gasteiger partial charge in [-0.05, 0) is 43.2 Å². The number of amides is 1. The van der Waals surface area contributed by atoms with E-state index in [0.29, 0.717) is 10.8 Å². The minimum Gasteiger partial charge on any atom is -0.296 e. The van der Waals surface area contributed by atoms with Gasteiger partial charge in [0.1, 0.15) is 11.4 Å². The summed E-state index contributed by atoms with van der Waals surface area (Å²) < 4.78 is 1.71. The number of nitrogens with one attached hydrogen (secondary N) is 1. The molecule has 8 heteroatoms. The van der Waals surface area contributed by atoms with Crippen LogP contribution in [-0.2, 0) is 0 Å². The van der Waals surface area contributed by atoms with E-state index in [-0.39, 0.29) is 5.91 Å². The van der Waals surface area contributed by atoms with E-state index in [4.69, 9.17) is 0 Å². The molecule has 27 heavy (non-hydrogen) atoms. The number of hydrogen-bond acceptors (Lipinski definition) is 6. The summed E-state index contributed by atoms with van der Waals surface area (Å²) in [7, 11) is 0. The Morgan fingerprint density at radius 1 is 1.11 bits per heavy atom. The molecule has 0 saturated heterocycles. The number of carbonyl (C=O) groups excluding carboxylic acids is 1. The Hall–Kier alpha value is -3.39. The van der Waals surface area contributed by atoms with Gasteiger partial charge in [-0.15, -0.1) is 11.3 Å². The van der Waals surface area contributed by atoms with Crippen molar-refractivity contribution in [3.8, 4) is 17.1 Å². The van der Waals surface area contributed by atoms with Crippen LogP contribution in [0.1, 0.15) is 21.6 Å². The smallest absolute Gasteiger partial charge is 0.276 e. The van der Waals surface area contributed by atoms with Crippen molar-refractivity contribution in [3.63, 3.8) is 0 Å². The molecular formula is C19H16N6OS. The Kier molecular flexibility index (Phi) is 4.47. The Bertz CT molecular complexity index is 1100. The van der Waals surface area contributed by atoms with Gasteiger partial charge in [0.05, 0.1) is 23.9 Å². The first-order chi connectivity index (χ1) is 13.1. The number of aromatic nitrogens is 5. The van der Waals surface area contributed by atoms with Crippen molar-refractivity contribution in [2.75, 3.05) is 5.32 Å². The van der Waals surface area contributed by atoms with Crippen LogP contribution in [0.4, 0.5) is 5.13 Å². The second-order valence-corrected chi connectivity index (χ2v) is 6.81. The molecule has 4 heterocycles. The molecule has 0 fully saturated rings. The highest BCUT2D eigenvalue weighted by Gasteiger charge is 2.16. The molecule has 0 aliphatic carbocycles. The van der Waals surface area contributed by atoms with Gasteiger partial charge in [-0.3, -0.25) is 24.6 Å². The van der Waals surface area contributed by atoms with Gasteiger partial charge in [0.2, 0.25) is 0 Å². The van der Waals surface area contributed by atoms with Gasteiger partial charge in [-0.1, -0.05) is 0 Å². The number of anilines is 1. The van der Waals surface area contributed by atoms with Crippen LogP contribution in [0.5, 0.6) is 0 Å². The number of hydrogen-bond donors (Lipinski definition) is 1. The van der Waals surface area contributed by atoms with E-state index >= 15 is 0 Å². The van der Waals surface area contributed by atoms with E-state index < -0.39 is 0 Å². The molecule has 7 nitrogen and oxygen atoms in total. The molecule has 0 saturated carbocycles. The van der Waals surface area contributed by atoms with E-state index in [1.54, 1.807) is 29.5 Å². The summed E-state index contributed by atoms with van der Waals surface area (Å²) >= 11 is 1.36. The number of carbonyl (C=O) groups is 1. The van der Waals surface area contributed by atoms with Crippen LogP contribution in [0.2, 0.25) is 0 Å². The highest BCUT2D eigenvalue weighted by Crippen LogP contribution is 2.27. The standard InChI is InChI=1S/C19H16N6OS/c1-12-3-8-22-17(13(12)2)15-10-27-19(23-15)24-18(26)16-9-21-11-25(16)14-4-6-20-7-5-14/h3-11H,1-2H3,(H,23,24,26). The Labute approximate surface area is 159 Å². The summed E-state index contributed by atoms with van der Waals surface area (Å²) in [6.07, 6.45) is 8.22. The molecule has 0 spiro atoms. The van der Waals surface area contributed by atoms with Crippen LogP contribution < -0.4 is 5.32 Å². The zero-order chi connectivity index (χ0) is 18.8. The lowest BCUT2D eigenvalue weighted by Gasteiger charge is -2.07. The zero-order valence-corrected chi connectivity index (χ0v) is 15.6. The number of rotatable bonds is 4. The summed E-state index contributed by atoms with van der Waals surface area (Å²) in [6, 6.07) is 5.59. The first-order valence-electron chi connectivity index (χ1n) is 8.25. The van der Waals surface area contributed by atoms with Gasteiger partial charge >= 0.3 is 0 Å². The van der Waals surface area contributed by atoms with Crippen LogP contribution in [0.3, 0.4) is 0 Å². The third-order valence-corrected chi connectivity index (χ3v) is 5.01. The van der Waals surface area contributed by atoms with Crippen LogP contribution >= 0.6 is 11.3 Å². The molecule has 134 valence electrons. The molecule has 0 bridgehead atoms. The fourth-order valence-electron chi connectivity index (χ4n) is 2.66. The minimum atomic E-state index is -0.279. The Morgan fingerprint density at radius 3 is 2.74 bits per heavy atom. The van der Waals surface area contributed by atoms with Crippen LogP contribution in [0, 0.1) is 13.8 Å². The average Bonchev–Trinajstić information content (AvgIpc) is 3.34. The van der Waals surface area contributed by atoms with Gasteiger partial charge in [0.25, 0.3) is 5.91 Å². The molecule has 0 aliphatic rings. The zero-order valence-electron chi connectivity index (χ0n) is 14.7. The molecule has 4 aromatic rings. The van der Waals surface area contributed by atoms with Gasteiger partial charge in [-0.25, -0.2) is 9.97 Å². The summed E-state index contributed by atoms with van der Waals surface area (Å²) in [6.45, 7) is 4.05. The second kappa shape index (κ2) is 7.08. The SMILES string of the molecule is Cc1ccnc(-c2csc(NC(=O)c3cncn3-c3ccncc3)n2)c1C. The summed E-state index contributed by atoms with van der Waals surface area (Å²) in [4.78, 5) is 29.7. The van der Waals surface area contributed by atoms with E-state index in [1.807, 2.05) is 37.4 Å². The molecule has 0 aliphatic heterocycles. The number of aryl methyl sites for hydroxylation is 1. The van der Waals surface area contributed by atoms with Crippen LogP contribution in [0.15, 0.2) is 54.7 Å². The van der Waals surface area contributed by atoms with Crippen molar-refractivity contribution in [1.82, 2.24) is 24.5 Å². The van der Waals surface area contributed by atoms with Crippen molar-refractivity contribution in [2.45, 2.75) is 13.8 Å². The molecule has 0 atom stereocenters. The first kappa shape index (κ1) is 17.0. The maximum Gasteiger partial charge on any atom is 0.276 e. The first-order valence-corrected chi connectivity index (χ1v) is 9.13. The van der Waals surface area contributed by atoms with Crippen LogP contribution in [0.25, 0.3) is 17.1 Å². The van der Waals surface area contributed by atoms with Crippen LogP contribution in [-0.4, -0.2) is 30.4 Å². The molecule has 1 N–H and O–H groups in total. The molecular weight excluding hydrogens is 360 g/mol. The molecule has 0 unspecified atom stereocenters. The van der Waals surface area contributed by atoms with Gasteiger partial charge in [-0.2, -0.15) is 0 Å². The maximum atomic E-state index is 12.7. The van der Waals surface area contributed by atoms with Gasteiger partial charge in [0.15, 0.2) is 5.13 Å². The second-order valence-electron chi connectivity index (χ2n) is 5.95. The van der Waals surface area contributed by atoms with Crippen molar-refractivity contribution < 1.29 is 4.79 Å². The van der Waals surface area contributed by atoms with E-state index in [2.05, 4.69) is 25.3 Å². The van der Waals surface area contributed by atoms with Crippen molar-refractivity contribution in [3.05, 3.63) is 71.5 Å². The average molecular weight is 376 g/mol. The highest BCUT2D eigenvalue weighted by atomic mass is 32.1. The number of pyridine rings is 2. The van der Waals surface area contributed by atoms with Gasteiger partial charge in [0, 0.05) is 24.0 Å². The molecule has 0 aromatic carbocycles. The molecule has 0 radical (unpaired) electrons. The summed E-state index contributed by atoms with van der Waals surface area (Å²) in [5.41, 5.74) is 5.04. The largest absolute Gasteiger partial charge is 0.296 e. The monoisotopic (exact) mass is 376 g/mol. The molecule has 1 amide bonds. The van der Waals surface area contributed by atoms with E-state index in [1.165, 1.54) is 17.5 Å². The van der Waals surface area contributed by atoms with E-state index in [0.717, 1.165) is 28.2 Å². The summed E-state index contributed by atoms with van der Waals surface area (Å²) in [5.74, 6) is -0.279. The third-order valence-electron chi connectivity index (χ3n) is 4.25. The number of nitrogens with zero attached hydrogens (tertiary/aromatic N) is 5. The van der Waals surface area contributed by atoms with Crippen molar-refractivity contribution in [2.24, 2.45) is 0 Å². The minimum absolute atomic E-state index is 0.279. The topological polar surface area (TPSA) is 85.6 Å². The summed E-state index contributed by atoms with van der Waals surface area (Å²) in [5, 5.41) is 5.25. The Morgan fingerprint density at radius 2 is 1.93 bits per heavy atom. The van der Waals surface area contributed by atoms with Gasteiger partial charge < -0.3 is 0 Å². The maximum absolute atomic E-state index is 12.7. The normalized spacial score (nSPS) is 10.7. The quantitative estimate of drug-likeness (QED) is 0.587. The molecule has 4 rings (SSSR count). The lowest BCUT2D eigenvalue weighted by atomic mass is 10.1. The fraction of sp³-hybridized carbons (Fsp3) is 0.105.